The third-order valence-electron chi connectivity index (χ3n) is 3.17. The van der Waals surface area contributed by atoms with Gasteiger partial charge in [0.05, 0.1) is 5.57 Å². The summed E-state index contributed by atoms with van der Waals surface area (Å²) in [5, 5.41) is 0. The first-order chi connectivity index (χ1) is 10.9. The second kappa shape index (κ2) is 15.3. The summed E-state index contributed by atoms with van der Waals surface area (Å²) in [7, 11) is 3.07. The molecule has 0 N–H and O–H groups in total. The number of rotatable bonds is 6. The fourth-order valence-electron chi connectivity index (χ4n) is 1.66. The highest BCUT2D eigenvalue weighted by molar-refractivity contribution is 5.97. The van der Waals surface area contributed by atoms with Crippen molar-refractivity contribution in [3.05, 3.63) is 23.9 Å². The van der Waals surface area contributed by atoms with Crippen LogP contribution in [0.1, 0.15) is 67.2 Å². The summed E-state index contributed by atoms with van der Waals surface area (Å²) < 4.78 is 36.6. The minimum Gasteiger partial charge on any atom is -0.383 e. The molecule has 144 valence electrons. The van der Waals surface area contributed by atoms with Crippen LogP contribution in [0.5, 0.6) is 0 Å². The minimum absolute atomic E-state index is 0.414. The number of hydrogen-bond donors (Lipinski definition) is 0. The Labute approximate surface area is 146 Å². The molecule has 0 radical (unpaired) electrons. The van der Waals surface area contributed by atoms with E-state index in [1.165, 1.54) is 44.7 Å². The monoisotopic (exact) mass is 351 g/mol. The Morgan fingerprint density at radius 2 is 1.38 bits per heavy atom. The fourth-order valence-corrected chi connectivity index (χ4v) is 1.66. The summed E-state index contributed by atoms with van der Waals surface area (Å²) in [5.74, 6) is 0.334. The summed E-state index contributed by atoms with van der Waals surface area (Å²) in [6.07, 6.45) is 1.86. The molecule has 0 aromatic heterocycles. The molecule has 0 unspecified atom stereocenters. The molecule has 5 heteroatoms. The van der Waals surface area contributed by atoms with E-state index in [4.69, 9.17) is 0 Å². The fraction of sp³-hybridized carbons (Fsp3) is 0.737. The highest BCUT2D eigenvalue weighted by Crippen LogP contribution is 2.30. The first-order valence-electron chi connectivity index (χ1n) is 8.58. The number of Topliss-reactive ketones (excluding diaryl/α,β-unsaturated/α-hetero) is 1. The maximum Gasteiger partial charge on any atom is 0.416 e. The zero-order valence-corrected chi connectivity index (χ0v) is 16.7. The minimum atomic E-state index is -4.56. The lowest BCUT2D eigenvalue weighted by molar-refractivity contribution is -0.116. The molecule has 0 bridgehead atoms. The summed E-state index contributed by atoms with van der Waals surface area (Å²) in [6.45, 7) is 15.0. The summed E-state index contributed by atoms with van der Waals surface area (Å²) in [4.78, 5) is 12.3. The van der Waals surface area contributed by atoms with Crippen molar-refractivity contribution in [2.24, 2.45) is 5.92 Å². The van der Waals surface area contributed by atoms with E-state index in [2.05, 4.69) is 41.2 Å². The third kappa shape index (κ3) is 15.6. The van der Waals surface area contributed by atoms with Crippen LogP contribution in [0, 0.1) is 5.92 Å². The van der Waals surface area contributed by atoms with Crippen LogP contribution < -0.4 is 0 Å². The summed E-state index contributed by atoms with van der Waals surface area (Å²) in [6, 6.07) is 0. The molecule has 0 saturated heterocycles. The van der Waals surface area contributed by atoms with Gasteiger partial charge in [0.25, 0.3) is 0 Å². The smallest absolute Gasteiger partial charge is 0.383 e. The van der Waals surface area contributed by atoms with Gasteiger partial charge in [-0.25, -0.2) is 0 Å². The SMILES string of the molecule is C=C(/C(=C\N(C)C)C(C)=O)C(F)(F)F.CCC.CCC(CC)CC. The molecular formula is C19H36F3NO. The van der Waals surface area contributed by atoms with E-state index in [-0.39, 0.29) is 0 Å². The Kier molecular flexibility index (Phi) is 17.6. The zero-order valence-electron chi connectivity index (χ0n) is 16.7. The van der Waals surface area contributed by atoms with Gasteiger partial charge < -0.3 is 4.90 Å². The number of alkyl halides is 3. The number of hydrogen-bond acceptors (Lipinski definition) is 2. The number of ketones is 1. The third-order valence-corrected chi connectivity index (χ3v) is 3.17. The van der Waals surface area contributed by atoms with Gasteiger partial charge in [-0.2, -0.15) is 13.2 Å². The van der Waals surface area contributed by atoms with Crippen molar-refractivity contribution in [2.75, 3.05) is 14.1 Å². The first-order valence-corrected chi connectivity index (χ1v) is 8.58. The van der Waals surface area contributed by atoms with E-state index in [0.717, 1.165) is 19.0 Å². The van der Waals surface area contributed by atoms with Crippen molar-refractivity contribution in [1.82, 2.24) is 4.90 Å². The van der Waals surface area contributed by atoms with E-state index in [9.17, 15) is 18.0 Å². The summed E-state index contributed by atoms with van der Waals surface area (Å²) in [5.41, 5.74) is -1.53. The van der Waals surface area contributed by atoms with E-state index in [0.29, 0.717) is 0 Å². The largest absolute Gasteiger partial charge is 0.416 e. The van der Waals surface area contributed by atoms with Crippen LogP contribution in [0.25, 0.3) is 0 Å². The highest BCUT2D eigenvalue weighted by atomic mass is 19.4. The maximum absolute atomic E-state index is 12.2. The normalized spacial score (nSPS) is 11.1. The van der Waals surface area contributed by atoms with Crippen molar-refractivity contribution in [1.29, 1.82) is 0 Å². The van der Waals surface area contributed by atoms with Gasteiger partial charge in [-0.1, -0.05) is 66.9 Å². The van der Waals surface area contributed by atoms with Gasteiger partial charge in [0, 0.05) is 25.9 Å². The molecule has 24 heavy (non-hydrogen) atoms. The Bertz CT molecular complexity index is 362. The van der Waals surface area contributed by atoms with Gasteiger partial charge in [0.1, 0.15) is 0 Å². The number of carbonyl (C=O) groups excluding carboxylic acids is 1. The zero-order chi connectivity index (χ0) is 19.9. The molecule has 0 aliphatic rings. The van der Waals surface area contributed by atoms with Crippen LogP contribution in [0.2, 0.25) is 0 Å². The van der Waals surface area contributed by atoms with Gasteiger partial charge in [-0.15, -0.1) is 0 Å². The molecule has 0 rings (SSSR count). The molecule has 0 heterocycles. The Hall–Kier alpha value is -1.26. The molecular weight excluding hydrogens is 315 g/mol. The molecule has 0 aromatic carbocycles. The lowest BCUT2D eigenvalue weighted by Crippen LogP contribution is -2.18. The maximum atomic E-state index is 12.2. The van der Waals surface area contributed by atoms with Gasteiger partial charge >= 0.3 is 6.18 Å². The molecule has 0 saturated carbocycles. The quantitative estimate of drug-likeness (QED) is 0.408. The second-order valence-electron chi connectivity index (χ2n) is 5.84. The van der Waals surface area contributed by atoms with Gasteiger partial charge in [0.15, 0.2) is 5.78 Å². The van der Waals surface area contributed by atoms with E-state index >= 15 is 0 Å². The van der Waals surface area contributed by atoms with Crippen LogP contribution >= 0.6 is 0 Å². The van der Waals surface area contributed by atoms with Gasteiger partial charge in [0.2, 0.25) is 0 Å². The molecule has 0 aliphatic heterocycles. The van der Waals surface area contributed by atoms with Crippen molar-refractivity contribution >= 4 is 5.78 Å². The number of halogens is 3. The average molecular weight is 351 g/mol. The van der Waals surface area contributed by atoms with E-state index in [1.807, 2.05) is 0 Å². The number of allylic oxidation sites excluding steroid dienone is 2. The average Bonchev–Trinajstić information content (AvgIpc) is 2.46. The van der Waals surface area contributed by atoms with Gasteiger partial charge in [-0.05, 0) is 12.8 Å². The van der Waals surface area contributed by atoms with Crippen LogP contribution in [-0.4, -0.2) is 31.0 Å². The van der Waals surface area contributed by atoms with Crippen LogP contribution in [0.15, 0.2) is 23.9 Å². The standard InChI is InChI=1S/C9H12F3NO.C7H16.C3H8/c1-6(9(10,11)12)8(7(2)14)5-13(3)4;1-4-7(5-2)6-3;1-3-2/h5H,1H2,2-4H3;7H,4-6H2,1-3H3;3H2,1-2H3/b8-5+;;. The van der Waals surface area contributed by atoms with Crippen molar-refractivity contribution in [2.45, 2.75) is 73.4 Å². The molecule has 0 atom stereocenters. The molecule has 0 fully saturated rings. The lowest BCUT2D eigenvalue weighted by Gasteiger charge is -2.14. The van der Waals surface area contributed by atoms with Crippen molar-refractivity contribution < 1.29 is 18.0 Å². The second-order valence-corrected chi connectivity index (χ2v) is 5.84. The Morgan fingerprint density at radius 1 is 1.04 bits per heavy atom. The lowest BCUT2D eigenvalue weighted by atomic mass is 10.0. The molecule has 0 amide bonds. The Morgan fingerprint density at radius 3 is 1.50 bits per heavy atom. The van der Waals surface area contributed by atoms with E-state index < -0.39 is 23.1 Å². The molecule has 0 spiro atoms. The van der Waals surface area contributed by atoms with Crippen LogP contribution in [0.4, 0.5) is 13.2 Å². The first kappa shape index (κ1) is 27.6. The predicted molar refractivity (Wildman–Crippen MR) is 98.0 cm³/mol. The highest BCUT2D eigenvalue weighted by Gasteiger charge is 2.35. The van der Waals surface area contributed by atoms with Gasteiger partial charge in [-0.3, -0.25) is 4.79 Å². The van der Waals surface area contributed by atoms with Crippen molar-refractivity contribution in [3.8, 4) is 0 Å². The number of nitrogens with zero attached hydrogens (tertiary/aromatic N) is 1. The Balaban J connectivity index is -0.000000367. The summed E-state index contributed by atoms with van der Waals surface area (Å²) >= 11 is 0. The van der Waals surface area contributed by atoms with Crippen LogP contribution in [0.3, 0.4) is 0 Å². The van der Waals surface area contributed by atoms with Crippen LogP contribution in [-0.2, 0) is 4.79 Å². The van der Waals surface area contributed by atoms with E-state index in [1.54, 1.807) is 0 Å². The predicted octanol–water partition coefficient (Wildman–Crippen LogP) is 6.39. The topological polar surface area (TPSA) is 20.3 Å². The molecule has 0 aliphatic carbocycles. The molecule has 2 nitrogen and oxygen atoms in total. The van der Waals surface area contributed by atoms with Crippen molar-refractivity contribution in [3.63, 3.8) is 0 Å². The number of carbonyl (C=O) groups is 1. The molecule has 0 aromatic rings.